The van der Waals surface area contributed by atoms with Gasteiger partial charge in [0.1, 0.15) is 12.7 Å². The Morgan fingerprint density at radius 3 is 2.88 bits per heavy atom. The van der Waals surface area contributed by atoms with Crippen molar-refractivity contribution in [2.45, 2.75) is 13.8 Å². The van der Waals surface area contributed by atoms with E-state index in [0.29, 0.717) is 29.9 Å². The van der Waals surface area contributed by atoms with Gasteiger partial charge in [0.2, 0.25) is 5.88 Å². The molecular weight excluding hydrogens is 218 g/mol. The molecule has 2 N–H and O–H groups in total. The van der Waals surface area contributed by atoms with E-state index in [0.717, 1.165) is 0 Å². The van der Waals surface area contributed by atoms with Gasteiger partial charge in [0, 0.05) is 0 Å². The fourth-order valence-electron chi connectivity index (χ4n) is 1.26. The van der Waals surface area contributed by atoms with E-state index < -0.39 is 0 Å². The maximum atomic E-state index is 5.80. The molecule has 6 heteroatoms. The molecule has 0 amide bonds. The summed E-state index contributed by atoms with van der Waals surface area (Å²) in [5, 5.41) is 4.00. The smallest absolute Gasteiger partial charge is 0.239 e. The summed E-state index contributed by atoms with van der Waals surface area (Å²) < 4.78 is 7.10. The van der Waals surface area contributed by atoms with Gasteiger partial charge < -0.3 is 10.5 Å². The Labute approximate surface area is 99.4 Å². The quantitative estimate of drug-likeness (QED) is 0.860. The average Bonchev–Trinajstić information content (AvgIpc) is 2.81. The fourth-order valence-corrected chi connectivity index (χ4v) is 1.26. The highest BCUT2D eigenvalue weighted by molar-refractivity contribution is 5.50. The van der Waals surface area contributed by atoms with E-state index in [1.807, 2.05) is 0 Å². The molecule has 90 valence electrons. The van der Waals surface area contributed by atoms with Gasteiger partial charge >= 0.3 is 0 Å². The predicted octanol–water partition coefficient (Wildman–Crippen LogP) is 1.28. The molecule has 17 heavy (non-hydrogen) atoms. The lowest BCUT2D eigenvalue weighted by atomic mass is 10.2. The van der Waals surface area contributed by atoms with Gasteiger partial charge in [-0.15, -0.1) is 0 Å². The van der Waals surface area contributed by atoms with Crippen molar-refractivity contribution in [3.05, 3.63) is 24.8 Å². The highest BCUT2D eigenvalue weighted by atomic mass is 16.5. The van der Waals surface area contributed by atoms with Crippen molar-refractivity contribution in [3.63, 3.8) is 0 Å². The van der Waals surface area contributed by atoms with Gasteiger partial charge in [-0.25, -0.2) is 9.67 Å². The molecule has 0 spiro atoms. The van der Waals surface area contributed by atoms with Gasteiger partial charge in [-0.3, -0.25) is 0 Å². The third-order valence-electron chi connectivity index (χ3n) is 2.08. The molecule has 0 saturated heterocycles. The molecule has 2 aromatic heterocycles. The molecule has 0 fully saturated rings. The third-order valence-corrected chi connectivity index (χ3v) is 2.08. The summed E-state index contributed by atoms with van der Waals surface area (Å²) in [6.45, 7) is 4.72. The number of pyridine rings is 1. The molecule has 0 aliphatic heterocycles. The molecule has 2 heterocycles. The zero-order valence-electron chi connectivity index (χ0n) is 9.87. The minimum Gasteiger partial charge on any atom is -0.476 e. The summed E-state index contributed by atoms with van der Waals surface area (Å²) in [6.07, 6.45) is 3.03. The third kappa shape index (κ3) is 2.72. The molecule has 0 saturated carbocycles. The van der Waals surface area contributed by atoms with Crippen LogP contribution in [-0.2, 0) is 0 Å². The van der Waals surface area contributed by atoms with Crippen LogP contribution in [0.4, 0.5) is 5.69 Å². The average molecular weight is 233 g/mol. The number of hydrogen-bond donors (Lipinski definition) is 1. The first-order valence-corrected chi connectivity index (χ1v) is 5.41. The number of nitrogen functional groups attached to an aromatic ring is 1. The molecular formula is C11H15N5O. The molecule has 0 aliphatic carbocycles. The van der Waals surface area contributed by atoms with Crippen molar-refractivity contribution in [1.82, 2.24) is 19.7 Å². The van der Waals surface area contributed by atoms with Crippen LogP contribution in [-0.4, -0.2) is 26.4 Å². The number of nitrogens with zero attached hydrogens (tertiary/aromatic N) is 4. The van der Waals surface area contributed by atoms with Gasteiger partial charge in [-0.05, 0) is 18.1 Å². The van der Waals surface area contributed by atoms with Crippen molar-refractivity contribution < 1.29 is 4.74 Å². The summed E-state index contributed by atoms with van der Waals surface area (Å²) in [5.74, 6) is 1.49. The maximum Gasteiger partial charge on any atom is 0.239 e. The number of aromatic nitrogens is 4. The molecule has 0 bridgehead atoms. The van der Waals surface area contributed by atoms with Crippen molar-refractivity contribution in [1.29, 1.82) is 0 Å². The van der Waals surface area contributed by atoms with Crippen molar-refractivity contribution in [3.8, 4) is 11.7 Å². The SMILES string of the molecule is CC(C)COc1nc(-n2cncn2)ccc1N. The Kier molecular flexibility index (Phi) is 3.22. The normalized spacial score (nSPS) is 10.8. The molecule has 0 aromatic carbocycles. The second kappa shape index (κ2) is 4.82. The van der Waals surface area contributed by atoms with E-state index in [9.17, 15) is 0 Å². The van der Waals surface area contributed by atoms with Gasteiger partial charge in [0.15, 0.2) is 5.82 Å². The minimum atomic E-state index is 0.422. The molecule has 0 atom stereocenters. The Hall–Kier alpha value is -2.11. The summed E-state index contributed by atoms with van der Waals surface area (Å²) in [6, 6.07) is 3.52. The highest BCUT2D eigenvalue weighted by Crippen LogP contribution is 2.20. The van der Waals surface area contributed by atoms with Gasteiger partial charge in [-0.2, -0.15) is 10.1 Å². The molecule has 0 unspecified atom stereocenters. The van der Waals surface area contributed by atoms with E-state index in [2.05, 4.69) is 28.9 Å². The molecule has 0 radical (unpaired) electrons. The van der Waals surface area contributed by atoms with Crippen LogP contribution in [0, 0.1) is 5.92 Å². The minimum absolute atomic E-state index is 0.422. The number of hydrogen-bond acceptors (Lipinski definition) is 5. The van der Waals surface area contributed by atoms with E-state index in [1.165, 1.54) is 6.33 Å². The first-order chi connectivity index (χ1) is 8.16. The van der Waals surface area contributed by atoms with E-state index in [1.54, 1.807) is 23.1 Å². The lowest BCUT2D eigenvalue weighted by Crippen LogP contribution is -2.09. The van der Waals surface area contributed by atoms with Crippen LogP contribution >= 0.6 is 0 Å². The zero-order chi connectivity index (χ0) is 12.3. The van der Waals surface area contributed by atoms with E-state index >= 15 is 0 Å². The predicted molar refractivity (Wildman–Crippen MR) is 63.9 cm³/mol. The van der Waals surface area contributed by atoms with Crippen LogP contribution in [0.3, 0.4) is 0 Å². The zero-order valence-corrected chi connectivity index (χ0v) is 9.87. The van der Waals surface area contributed by atoms with Crippen LogP contribution in [0.25, 0.3) is 5.82 Å². The molecule has 2 rings (SSSR count). The first kappa shape index (κ1) is 11.4. The number of anilines is 1. The second-order valence-corrected chi connectivity index (χ2v) is 4.11. The standard InChI is InChI=1S/C11H15N5O/c1-8(2)5-17-11-9(12)3-4-10(15-11)16-7-13-6-14-16/h3-4,6-8H,5,12H2,1-2H3. The monoisotopic (exact) mass is 233 g/mol. The second-order valence-electron chi connectivity index (χ2n) is 4.11. The van der Waals surface area contributed by atoms with Crippen molar-refractivity contribution >= 4 is 5.69 Å². The summed E-state index contributed by atoms with van der Waals surface area (Å²) in [4.78, 5) is 8.16. The van der Waals surface area contributed by atoms with E-state index in [-0.39, 0.29) is 0 Å². The van der Waals surface area contributed by atoms with Gasteiger partial charge in [0.05, 0.1) is 12.3 Å². The van der Waals surface area contributed by atoms with Crippen LogP contribution in [0.5, 0.6) is 5.88 Å². The lowest BCUT2D eigenvalue weighted by Gasteiger charge is -2.10. The van der Waals surface area contributed by atoms with Crippen molar-refractivity contribution in [2.24, 2.45) is 5.92 Å². The molecule has 0 aliphatic rings. The lowest BCUT2D eigenvalue weighted by molar-refractivity contribution is 0.262. The maximum absolute atomic E-state index is 5.80. The topological polar surface area (TPSA) is 78.8 Å². The van der Waals surface area contributed by atoms with Gasteiger partial charge in [0.25, 0.3) is 0 Å². The Bertz CT molecular complexity index is 481. The Morgan fingerprint density at radius 1 is 1.41 bits per heavy atom. The summed E-state index contributed by atoms with van der Waals surface area (Å²) in [7, 11) is 0. The van der Waals surface area contributed by atoms with E-state index in [4.69, 9.17) is 10.5 Å². The first-order valence-electron chi connectivity index (χ1n) is 5.41. The van der Waals surface area contributed by atoms with Crippen LogP contribution in [0.1, 0.15) is 13.8 Å². The Morgan fingerprint density at radius 2 is 2.24 bits per heavy atom. The molecule has 6 nitrogen and oxygen atoms in total. The number of rotatable bonds is 4. The molecule has 2 aromatic rings. The van der Waals surface area contributed by atoms with Crippen LogP contribution in [0.2, 0.25) is 0 Å². The summed E-state index contributed by atoms with van der Waals surface area (Å²) >= 11 is 0. The summed E-state index contributed by atoms with van der Waals surface area (Å²) in [5.41, 5.74) is 6.32. The van der Waals surface area contributed by atoms with Crippen LogP contribution < -0.4 is 10.5 Å². The van der Waals surface area contributed by atoms with Crippen molar-refractivity contribution in [2.75, 3.05) is 12.3 Å². The fraction of sp³-hybridized carbons (Fsp3) is 0.364. The van der Waals surface area contributed by atoms with Gasteiger partial charge in [-0.1, -0.05) is 13.8 Å². The number of ether oxygens (including phenoxy) is 1. The number of nitrogens with two attached hydrogens (primary N) is 1. The largest absolute Gasteiger partial charge is 0.476 e. The Balaban J connectivity index is 2.23. The highest BCUT2D eigenvalue weighted by Gasteiger charge is 2.07. The van der Waals surface area contributed by atoms with Crippen LogP contribution in [0.15, 0.2) is 24.8 Å².